The molecule has 0 aliphatic rings. The second-order valence-corrected chi connectivity index (χ2v) is 5.63. The van der Waals surface area contributed by atoms with Crippen molar-refractivity contribution in [3.8, 4) is 0 Å². The minimum atomic E-state index is -0.790. The average molecular weight is 263 g/mol. The Morgan fingerprint density at radius 1 is 1.32 bits per heavy atom. The van der Waals surface area contributed by atoms with Crippen LogP contribution in [-0.4, -0.2) is 17.6 Å². The van der Waals surface area contributed by atoms with Gasteiger partial charge >= 0.3 is 5.97 Å². The molecule has 0 fully saturated rings. The lowest BCUT2D eigenvalue weighted by Crippen LogP contribution is -2.26. The monoisotopic (exact) mass is 263 g/mol. The van der Waals surface area contributed by atoms with Crippen molar-refractivity contribution in [2.45, 2.75) is 40.0 Å². The Kier molecular flexibility index (Phi) is 5.55. The number of hydrogen-bond donors (Lipinski definition) is 2. The Balaban J connectivity index is 2.81. The van der Waals surface area contributed by atoms with E-state index in [1.54, 1.807) is 0 Å². The summed E-state index contributed by atoms with van der Waals surface area (Å²) in [5, 5.41) is 9.09. The van der Waals surface area contributed by atoms with E-state index in [4.69, 9.17) is 10.8 Å². The summed E-state index contributed by atoms with van der Waals surface area (Å²) in [6, 6.07) is 6.45. The Morgan fingerprint density at radius 2 is 1.95 bits per heavy atom. The fraction of sp³-hybridized carbons (Fsp3) is 0.562. The molecule has 0 amide bonds. The summed E-state index contributed by atoms with van der Waals surface area (Å²) in [5.74, 6) is -0.592. The quantitative estimate of drug-likeness (QED) is 0.829. The summed E-state index contributed by atoms with van der Waals surface area (Å²) >= 11 is 0. The lowest BCUT2D eigenvalue weighted by molar-refractivity contribution is -0.142. The number of hydrogen-bond acceptors (Lipinski definition) is 2. The van der Waals surface area contributed by atoms with Crippen LogP contribution in [0.15, 0.2) is 18.2 Å². The third-order valence-electron chi connectivity index (χ3n) is 4.06. The number of carboxylic acid groups (broad SMARTS) is 1. The van der Waals surface area contributed by atoms with Crippen molar-refractivity contribution in [1.29, 1.82) is 0 Å². The van der Waals surface area contributed by atoms with Crippen LogP contribution in [0.3, 0.4) is 0 Å². The maximum atomic E-state index is 11.1. The second kappa shape index (κ2) is 6.71. The Morgan fingerprint density at radius 3 is 2.42 bits per heavy atom. The van der Waals surface area contributed by atoms with Gasteiger partial charge in [-0.25, -0.2) is 0 Å². The van der Waals surface area contributed by atoms with Crippen LogP contribution in [0.4, 0.5) is 0 Å². The number of rotatable bonds is 6. The molecule has 3 heteroatoms. The van der Waals surface area contributed by atoms with Gasteiger partial charge in [0.25, 0.3) is 0 Å². The van der Waals surface area contributed by atoms with E-state index >= 15 is 0 Å². The molecule has 0 aliphatic carbocycles. The van der Waals surface area contributed by atoms with Gasteiger partial charge < -0.3 is 10.8 Å². The molecule has 0 bridgehead atoms. The first-order valence-electron chi connectivity index (χ1n) is 6.86. The highest BCUT2D eigenvalue weighted by Gasteiger charge is 2.23. The van der Waals surface area contributed by atoms with Crippen molar-refractivity contribution in [2.75, 3.05) is 6.54 Å². The minimum absolute atomic E-state index is 0.208. The van der Waals surface area contributed by atoms with Crippen LogP contribution in [0.5, 0.6) is 0 Å². The van der Waals surface area contributed by atoms with Gasteiger partial charge in [0, 0.05) is 6.54 Å². The van der Waals surface area contributed by atoms with E-state index in [1.165, 1.54) is 16.7 Å². The van der Waals surface area contributed by atoms with Gasteiger partial charge in [-0.1, -0.05) is 37.6 Å². The number of aryl methyl sites for hydroxylation is 2. The van der Waals surface area contributed by atoms with Gasteiger partial charge in [-0.05, 0) is 43.2 Å². The molecule has 106 valence electrons. The summed E-state index contributed by atoms with van der Waals surface area (Å²) in [7, 11) is 0. The Hall–Kier alpha value is -1.35. The summed E-state index contributed by atoms with van der Waals surface area (Å²) < 4.78 is 0. The number of carbonyl (C=O) groups is 1. The van der Waals surface area contributed by atoms with E-state index in [2.05, 4.69) is 45.9 Å². The Labute approximate surface area is 115 Å². The van der Waals surface area contributed by atoms with Crippen LogP contribution in [0.2, 0.25) is 0 Å². The maximum absolute atomic E-state index is 11.1. The van der Waals surface area contributed by atoms with Crippen LogP contribution < -0.4 is 5.73 Å². The molecule has 0 saturated carbocycles. The second-order valence-electron chi connectivity index (χ2n) is 5.63. The van der Waals surface area contributed by atoms with Crippen LogP contribution in [0.1, 0.15) is 42.9 Å². The average Bonchev–Trinajstić information content (AvgIpc) is 2.34. The van der Waals surface area contributed by atoms with E-state index in [9.17, 15) is 4.79 Å². The number of aliphatic carboxylic acids is 1. The molecule has 0 aromatic heterocycles. The molecule has 0 radical (unpaired) electrons. The standard InChI is InChI=1S/C16H25NO2/c1-10-5-6-15(12(3)7-10)13(4)11(2)8-14(9-17)16(18)19/h5-7,11,13-14H,8-9,17H2,1-4H3,(H,18,19). The minimum Gasteiger partial charge on any atom is -0.481 e. The van der Waals surface area contributed by atoms with Crippen molar-refractivity contribution >= 4 is 5.97 Å². The zero-order valence-corrected chi connectivity index (χ0v) is 12.3. The van der Waals surface area contributed by atoms with Gasteiger partial charge in [-0.2, -0.15) is 0 Å². The van der Waals surface area contributed by atoms with Gasteiger partial charge in [-0.15, -0.1) is 0 Å². The van der Waals surface area contributed by atoms with E-state index in [-0.39, 0.29) is 6.54 Å². The smallest absolute Gasteiger partial charge is 0.307 e. The number of nitrogens with two attached hydrogens (primary N) is 1. The fourth-order valence-corrected chi connectivity index (χ4v) is 2.59. The van der Waals surface area contributed by atoms with Gasteiger partial charge in [0.2, 0.25) is 0 Å². The molecule has 1 aromatic rings. The molecule has 3 unspecified atom stereocenters. The molecule has 0 spiro atoms. The molecule has 3 nitrogen and oxygen atoms in total. The summed E-state index contributed by atoms with van der Waals surface area (Å²) in [5.41, 5.74) is 9.37. The highest BCUT2D eigenvalue weighted by molar-refractivity contribution is 5.70. The normalized spacial score (nSPS) is 15.8. The van der Waals surface area contributed by atoms with Crippen molar-refractivity contribution in [3.05, 3.63) is 34.9 Å². The first kappa shape index (κ1) is 15.7. The zero-order valence-electron chi connectivity index (χ0n) is 12.3. The lowest BCUT2D eigenvalue weighted by atomic mass is 9.81. The van der Waals surface area contributed by atoms with E-state index in [1.807, 2.05) is 0 Å². The van der Waals surface area contributed by atoms with Crippen molar-refractivity contribution in [2.24, 2.45) is 17.6 Å². The van der Waals surface area contributed by atoms with Gasteiger partial charge in [0.1, 0.15) is 0 Å². The highest BCUT2D eigenvalue weighted by atomic mass is 16.4. The van der Waals surface area contributed by atoms with E-state index in [0.29, 0.717) is 18.3 Å². The topological polar surface area (TPSA) is 63.3 Å². The molecule has 0 saturated heterocycles. The van der Waals surface area contributed by atoms with Crippen molar-refractivity contribution in [1.82, 2.24) is 0 Å². The first-order valence-corrected chi connectivity index (χ1v) is 6.86. The molecule has 0 heterocycles. The lowest BCUT2D eigenvalue weighted by Gasteiger charge is -2.24. The highest BCUT2D eigenvalue weighted by Crippen LogP contribution is 2.31. The summed E-state index contributed by atoms with van der Waals surface area (Å²) in [6.45, 7) is 8.68. The number of benzene rings is 1. The molecule has 1 aromatic carbocycles. The van der Waals surface area contributed by atoms with Crippen molar-refractivity contribution < 1.29 is 9.90 Å². The molecular weight excluding hydrogens is 238 g/mol. The fourth-order valence-electron chi connectivity index (χ4n) is 2.59. The first-order chi connectivity index (χ1) is 8.86. The van der Waals surface area contributed by atoms with Crippen LogP contribution in [-0.2, 0) is 4.79 Å². The van der Waals surface area contributed by atoms with Crippen LogP contribution in [0, 0.1) is 25.7 Å². The van der Waals surface area contributed by atoms with Crippen molar-refractivity contribution in [3.63, 3.8) is 0 Å². The predicted octanol–water partition coefficient (Wildman–Crippen LogP) is 3.09. The maximum Gasteiger partial charge on any atom is 0.307 e. The summed E-state index contributed by atoms with van der Waals surface area (Å²) in [4.78, 5) is 11.1. The molecule has 3 atom stereocenters. The largest absolute Gasteiger partial charge is 0.481 e. The Bertz CT molecular complexity index is 442. The van der Waals surface area contributed by atoms with Gasteiger partial charge in [0.15, 0.2) is 0 Å². The van der Waals surface area contributed by atoms with Crippen LogP contribution in [0.25, 0.3) is 0 Å². The molecule has 1 rings (SSSR count). The third kappa shape index (κ3) is 4.06. The summed E-state index contributed by atoms with van der Waals surface area (Å²) in [6.07, 6.45) is 0.625. The SMILES string of the molecule is Cc1ccc(C(C)C(C)CC(CN)C(=O)O)c(C)c1. The van der Waals surface area contributed by atoms with Gasteiger partial charge in [0.05, 0.1) is 5.92 Å². The predicted molar refractivity (Wildman–Crippen MR) is 78.3 cm³/mol. The molecule has 3 N–H and O–H groups in total. The third-order valence-corrected chi connectivity index (χ3v) is 4.06. The van der Waals surface area contributed by atoms with Crippen LogP contribution >= 0.6 is 0 Å². The molecule has 19 heavy (non-hydrogen) atoms. The number of carboxylic acids is 1. The van der Waals surface area contributed by atoms with E-state index in [0.717, 1.165) is 0 Å². The van der Waals surface area contributed by atoms with E-state index < -0.39 is 11.9 Å². The zero-order chi connectivity index (χ0) is 14.6. The molecular formula is C16H25NO2. The van der Waals surface area contributed by atoms with Gasteiger partial charge in [-0.3, -0.25) is 4.79 Å². The molecule has 0 aliphatic heterocycles.